The molecule has 0 saturated heterocycles. The van der Waals surface area contributed by atoms with Gasteiger partial charge in [-0.15, -0.1) is 0 Å². The number of anilines is 1. The van der Waals surface area contributed by atoms with Crippen LogP contribution in [0.25, 0.3) is 0 Å². The maximum absolute atomic E-state index is 13.0. The molecule has 0 radical (unpaired) electrons. The molecule has 0 aromatic heterocycles. The standard InChI is InChI=1S/C25H25BrN2O3/c1-2-3-15-31-23-14-13-19(26)16-21(23)25(30)28-22-12-8-7-11-20(22)24(29)27-17-18-9-5-4-6-10-18/h4-14,16H,2-3,15,17H2,1H3,(H,27,29)(H,28,30). The highest BCUT2D eigenvalue weighted by atomic mass is 79.9. The summed E-state index contributed by atoms with van der Waals surface area (Å²) >= 11 is 3.41. The van der Waals surface area contributed by atoms with Crippen molar-refractivity contribution in [3.05, 3.63) is 94.0 Å². The summed E-state index contributed by atoms with van der Waals surface area (Å²) in [6.07, 6.45) is 1.91. The van der Waals surface area contributed by atoms with E-state index in [0.717, 1.165) is 22.9 Å². The molecule has 0 aliphatic rings. The minimum Gasteiger partial charge on any atom is -0.493 e. The monoisotopic (exact) mass is 480 g/mol. The number of hydrogen-bond donors (Lipinski definition) is 2. The molecule has 0 atom stereocenters. The molecule has 3 rings (SSSR count). The summed E-state index contributed by atoms with van der Waals surface area (Å²) in [5.41, 5.74) is 2.25. The molecule has 0 heterocycles. The number of nitrogens with one attached hydrogen (secondary N) is 2. The lowest BCUT2D eigenvalue weighted by molar-refractivity contribution is 0.0952. The van der Waals surface area contributed by atoms with Gasteiger partial charge < -0.3 is 15.4 Å². The summed E-state index contributed by atoms with van der Waals surface area (Å²) in [6, 6.07) is 21.9. The Morgan fingerprint density at radius 1 is 0.903 bits per heavy atom. The number of carbonyl (C=O) groups is 2. The molecule has 31 heavy (non-hydrogen) atoms. The molecule has 3 aromatic carbocycles. The summed E-state index contributed by atoms with van der Waals surface area (Å²) < 4.78 is 6.57. The van der Waals surface area contributed by atoms with Crippen LogP contribution in [-0.2, 0) is 6.54 Å². The van der Waals surface area contributed by atoms with Gasteiger partial charge in [-0.2, -0.15) is 0 Å². The molecular weight excluding hydrogens is 456 g/mol. The van der Waals surface area contributed by atoms with Crippen LogP contribution in [0.4, 0.5) is 5.69 Å². The van der Waals surface area contributed by atoms with E-state index in [1.54, 1.807) is 36.4 Å². The normalized spacial score (nSPS) is 10.4. The Hall–Kier alpha value is -3.12. The van der Waals surface area contributed by atoms with E-state index in [1.807, 2.05) is 36.4 Å². The van der Waals surface area contributed by atoms with Crippen molar-refractivity contribution in [2.75, 3.05) is 11.9 Å². The summed E-state index contributed by atoms with van der Waals surface area (Å²) in [5.74, 6) is -0.0790. The Morgan fingerprint density at radius 2 is 1.65 bits per heavy atom. The topological polar surface area (TPSA) is 67.4 Å². The molecule has 5 nitrogen and oxygen atoms in total. The molecule has 0 saturated carbocycles. The number of hydrogen-bond acceptors (Lipinski definition) is 3. The van der Waals surface area contributed by atoms with Gasteiger partial charge in [0.1, 0.15) is 5.75 Å². The number of benzene rings is 3. The van der Waals surface area contributed by atoms with Gasteiger partial charge in [0.2, 0.25) is 0 Å². The summed E-state index contributed by atoms with van der Waals surface area (Å²) in [7, 11) is 0. The van der Waals surface area contributed by atoms with E-state index < -0.39 is 0 Å². The first kappa shape index (κ1) is 22.6. The highest BCUT2D eigenvalue weighted by Gasteiger charge is 2.17. The minimum absolute atomic E-state index is 0.256. The number of carbonyl (C=O) groups excluding carboxylic acids is 2. The van der Waals surface area contributed by atoms with Crippen LogP contribution in [0, 0.1) is 0 Å². The van der Waals surface area contributed by atoms with Gasteiger partial charge in [-0.3, -0.25) is 9.59 Å². The lowest BCUT2D eigenvalue weighted by Gasteiger charge is -2.14. The predicted molar refractivity (Wildman–Crippen MR) is 127 cm³/mol. The fourth-order valence-electron chi connectivity index (χ4n) is 2.99. The van der Waals surface area contributed by atoms with Gasteiger partial charge in [-0.25, -0.2) is 0 Å². The zero-order valence-electron chi connectivity index (χ0n) is 17.4. The first-order valence-electron chi connectivity index (χ1n) is 10.2. The predicted octanol–water partition coefficient (Wildman–Crippen LogP) is 5.81. The quantitative estimate of drug-likeness (QED) is 0.379. The summed E-state index contributed by atoms with van der Waals surface area (Å²) in [6.45, 7) is 3.03. The molecule has 0 unspecified atom stereocenters. The van der Waals surface area contributed by atoms with E-state index in [0.29, 0.717) is 35.7 Å². The third-order valence-corrected chi connectivity index (χ3v) is 5.15. The second-order valence-electron chi connectivity index (χ2n) is 7.01. The Labute approximate surface area is 191 Å². The zero-order chi connectivity index (χ0) is 22.1. The SMILES string of the molecule is CCCCOc1ccc(Br)cc1C(=O)Nc1ccccc1C(=O)NCc1ccccc1. The molecule has 0 aliphatic heterocycles. The molecule has 0 spiro atoms. The number of amides is 2. The molecule has 2 N–H and O–H groups in total. The van der Waals surface area contributed by atoms with Crippen molar-refractivity contribution in [2.45, 2.75) is 26.3 Å². The van der Waals surface area contributed by atoms with E-state index in [4.69, 9.17) is 4.74 Å². The number of ether oxygens (including phenoxy) is 1. The Morgan fingerprint density at radius 3 is 2.42 bits per heavy atom. The van der Waals surface area contributed by atoms with E-state index in [9.17, 15) is 9.59 Å². The fourth-order valence-corrected chi connectivity index (χ4v) is 3.35. The van der Waals surface area contributed by atoms with Crippen LogP contribution in [0.15, 0.2) is 77.3 Å². The fraction of sp³-hybridized carbons (Fsp3) is 0.200. The Kier molecular flexibility index (Phi) is 8.24. The zero-order valence-corrected chi connectivity index (χ0v) is 18.9. The molecule has 0 bridgehead atoms. The molecular formula is C25H25BrN2O3. The number of unbranched alkanes of at least 4 members (excludes halogenated alkanes) is 1. The van der Waals surface area contributed by atoms with Crippen LogP contribution in [0.2, 0.25) is 0 Å². The maximum atomic E-state index is 13.0. The minimum atomic E-state index is -0.337. The molecule has 0 fully saturated rings. The van der Waals surface area contributed by atoms with E-state index in [2.05, 4.69) is 33.5 Å². The van der Waals surface area contributed by atoms with Crippen LogP contribution in [-0.4, -0.2) is 18.4 Å². The smallest absolute Gasteiger partial charge is 0.259 e. The van der Waals surface area contributed by atoms with Gasteiger partial charge >= 0.3 is 0 Å². The first-order chi connectivity index (χ1) is 15.1. The second-order valence-corrected chi connectivity index (χ2v) is 7.93. The van der Waals surface area contributed by atoms with Crippen molar-refractivity contribution >= 4 is 33.4 Å². The Bertz CT molecular complexity index is 1040. The highest BCUT2D eigenvalue weighted by Crippen LogP contribution is 2.25. The van der Waals surface area contributed by atoms with Crippen LogP contribution < -0.4 is 15.4 Å². The van der Waals surface area contributed by atoms with Crippen molar-refractivity contribution in [2.24, 2.45) is 0 Å². The van der Waals surface area contributed by atoms with Crippen LogP contribution in [0.5, 0.6) is 5.75 Å². The van der Waals surface area contributed by atoms with Crippen molar-refractivity contribution in [3.8, 4) is 5.75 Å². The third kappa shape index (κ3) is 6.43. The Balaban J connectivity index is 1.75. The molecule has 6 heteroatoms. The second kappa shape index (κ2) is 11.3. The van der Waals surface area contributed by atoms with Gasteiger partial charge in [-0.1, -0.05) is 71.7 Å². The average molecular weight is 481 g/mol. The first-order valence-corrected chi connectivity index (χ1v) is 11.0. The molecule has 160 valence electrons. The van der Waals surface area contributed by atoms with Gasteiger partial charge in [0.15, 0.2) is 0 Å². The number of para-hydroxylation sites is 1. The molecule has 2 amide bonds. The van der Waals surface area contributed by atoms with Gasteiger partial charge in [-0.05, 0) is 42.3 Å². The van der Waals surface area contributed by atoms with E-state index in [-0.39, 0.29) is 11.8 Å². The van der Waals surface area contributed by atoms with Crippen LogP contribution in [0.3, 0.4) is 0 Å². The maximum Gasteiger partial charge on any atom is 0.259 e. The third-order valence-electron chi connectivity index (χ3n) is 4.66. The molecule has 0 aliphatic carbocycles. The van der Waals surface area contributed by atoms with E-state index in [1.165, 1.54) is 0 Å². The number of rotatable bonds is 9. The van der Waals surface area contributed by atoms with Crippen molar-refractivity contribution < 1.29 is 14.3 Å². The summed E-state index contributed by atoms with van der Waals surface area (Å²) in [5, 5.41) is 5.76. The number of halogens is 1. The van der Waals surface area contributed by atoms with Crippen LogP contribution >= 0.6 is 15.9 Å². The van der Waals surface area contributed by atoms with E-state index >= 15 is 0 Å². The lowest BCUT2D eigenvalue weighted by atomic mass is 10.1. The average Bonchev–Trinajstić information content (AvgIpc) is 2.79. The highest BCUT2D eigenvalue weighted by molar-refractivity contribution is 9.10. The lowest BCUT2D eigenvalue weighted by Crippen LogP contribution is -2.25. The van der Waals surface area contributed by atoms with Gasteiger partial charge in [0.25, 0.3) is 11.8 Å². The van der Waals surface area contributed by atoms with Crippen LogP contribution in [0.1, 0.15) is 46.0 Å². The van der Waals surface area contributed by atoms with Crippen molar-refractivity contribution in [1.29, 1.82) is 0 Å². The van der Waals surface area contributed by atoms with Crippen molar-refractivity contribution in [1.82, 2.24) is 5.32 Å². The summed E-state index contributed by atoms with van der Waals surface area (Å²) in [4.78, 5) is 25.8. The molecule has 3 aromatic rings. The van der Waals surface area contributed by atoms with Gasteiger partial charge in [0, 0.05) is 11.0 Å². The van der Waals surface area contributed by atoms with Gasteiger partial charge in [0.05, 0.1) is 23.4 Å². The van der Waals surface area contributed by atoms with Crippen molar-refractivity contribution in [3.63, 3.8) is 0 Å². The largest absolute Gasteiger partial charge is 0.493 e.